The molecule has 1 fully saturated rings. The quantitative estimate of drug-likeness (QED) is 0.567. The summed E-state index contributed by atoms with van der Waals surface area (Å²) in [5.41, 5.74) is 1.75. The van der Waals surface area contributed by atoms with Crippen LogP contribution >= 0.6 is 35.3 Å². The molecule has 4 rings (SSSR count). The number of fused-ring (bicyclic) bond motifs is 1. The Morgan fingerprint density at radius 3 is 2.63 bits per heavy atom. The lowest BCUT2D eigenvalue weighted by molar-refractivity contribution is 0.0391. The highest BCUT2D eigenvalue weighted by Crippen LogP contribution is 2.33. The first-order valence-electron chi connectivity index (χ1n) is 9.33. The van der Waals surface area contributed by atoms with E-state index in [2.05, 4.69) is 16.0 Å². The Balaban J connectivity index is 0.00000256. The highest BCUT2D eigenvalue weighted by Gasteiger charge is 2.23. The number of hydrogen-bond acceptors (Lipinski definition) is 6. The van der Waals surface area contributed by atoms with Gasteiger partial charge in [-0.2, -0.15) is 5.26 Å². The zero-order valence-corrected chi connectivity index (χ0v) is 18.5. The van der Waals surface area contributed by atoms with Gasteiger partial charge in [0, 0.05) is 31.7 Å². The van der Waals surface area contributed by atoms with Crippen LogP contribution in [0.1, 0.15) is 15.9 Å². The van der Waals surface area contributed by atoms with Crippen molar-refractivity contribution in [2.24, 2.45) is 0 Å². The number of thiazole rings is 1. The van der Waals surface area contributed by atoms with Crippen molar-refractivity contribution >= 4 is 56.6 Å². The second-order valence-corrected chi connectivity index (χ2v) is 8.10. The molecule has 3 aromatic rings. The van der Waals surface area contributed by atoms with Crippen LogP contribution < -0.4 is 4.90 Å². The first-order valence-corrected chi connectivity index (χ1v) is 10.5. The molecule has 0 bridgehead atoms. The Kier molecular flexibility index (Phi) is 7.64. The molecule has 0 radical (unpaired) electrons. The first kappa shape index (κ1) is 22.5. The van der Waals surface area contributed by atoms with Gasteiger partial charge in [-0.25, -0.2) is 4.98 Å². The number of nitriles is 1. The van der Waals surface area contributed by atoms with Crippen LogP contribution in [0.5, 0.6) is 0 Å². The minimum absolute atomic E-state index is 0. The van der Waals surface area contributed by atoms with E-state index in [1.165, 1.54) is 11.3 Å². The molecule has 6 nitrogen and oxygen atoms in total. The van der Waals surface area contributed by atoms with Gasteiger partial charge in [-0.15, -0.1) is 12.4 Å². The zero-order valence-electron chi connectivity index (χ0n) is 16.1. The summed E-state index contributed by atoms with van der Waals surface area (Å²) in [7, 11) is 0. The Morgan fingerprint density at radius 2 is 1.97 bits per heavy atom. The summed E-state index contributed by atoms with van der Waals surface area (Å²) in [5.74, 6) is -0.141. The Labute approximate surface area is 190 Å². The van der Waals surface area contributed by atoms with Crippen LogP contribution in [-0.4, -0.2) is 55.2 Å². The lowest BCUT2D eigenvalue weighted by Gasteiger charge is -2.29. The van der Waals surface area contributed by atoms with Crippen LogP contribution in [0.15, 0.2) is 42.5 Å². The number of aromatic nitrogens is 1. The summed E-state index contributed by atoms with van der Waals surface area (Å²) in [6, 6.07) is 14.4. The Bertz CT molecular complexity index is 1060. The number of nitrogens with zero attached hydrogens (tertiary/aromatic N) is 4. The number of ether oxygens (including phenoxy) is 1. The lowest BCUT2D eigenvalue weighted by Crippen LogP contribution is -2.43. The van der Waals surface area contributed by atoms with E-state index in [0.29, 0.717) is 46.6 Å². The van der Waals surface area contributed by atoms with Crippen molar-refractivity contribution in [3.63, 3.8) is 0 Å². The van der Waals surface area contributed by atoms with E-state index in [1.54, 1.807) is 35.2 Å². The number of amides is 1. The Hall–Kier alpha value is -2.21. The molecule has 0 N–H and O–H groups in total. The number of anilines is 1. The van der Waals surface area contributed by atoms with Gasteiger partial charge in [0.05, 0.1) is 34.6 Å². The van der Waals surface area contributed by atoms with E-state index in [4.69, 9.17) is 21.6 Å². The van der Waals surface area contributed by atoms with Crippen molar-refractivity contribution in [2.75, 3.05) is 44.3 Å². The molecule has 1 saturated heterocycles. The van der Waals surface area contributed by atoms with Crippen molar-refractivity contribution < 1.29 is 9.53 Å². The largest absolute Gasteiger partial charge is 0.379 e. The molecule has 2 heterocycles. The van der Waals surface area contributed by atoms with Crippen LogP contribution in [0.3, 0.4) is 0 Å². The third-order valence-electron chi connectivity index (χ3n) is 4.84. The SMILES string of the molecule is Cl.N#Cc1ccc(C(=O)N(CCN2CCOCC2)c2nc3c(Cl)cccc3s2)cc1. The van der Waals surface area contributed by atoms with Crippen LogP contribution in [0, 0.1) is 11.3 Å². The molecule has 1 amide bonds. The number of carbonyl (C=O) groups excluding carboxylic acids is 1. The normalized spacial score (nSPS) is 14.1. The molecular formula is C21H20Cl2N4O2S. The van der Waals surface area contributed by atoms with Crippen LogP contribution in [0.2, 0.25) is 5.02 Å². The topological polar surface area (TPSA) is 69.5 Å². The van der Waals surface area contributed by atoms with Gasteiger partial charge in [-0.3, -0.25) is 14.6 Å². The third-order valence-corrected chi connectivity index (χ3v) is 6.19. The summed E-state index contributed by atoms with van der Waals surface area (Å²) in [6.07, 6.45) is 0. The van der Waals surface area contributed by atoms with Gasteiger partial charge >= 0.3 is 0 Å². The second kappa shape index (κ2) is 10.2. The predicted molar refractivity (Wildman–Crippen MR) is 122 cm³/mol. The minimum Gasteiger partial charge on any atom is -0.379 e. The molecule has 0 saturated carbocycles. The predicted octanol–water partition coefficient (Wildman–Crippen LogP) is 4.22. The molecule has 156 valence electrons. The molecule has 1 aromatic heterocycles. The van der Waals surface area contributed by atoms with E-state index in [0.717, 1.165) is 24.3 Å². The maximum absolute atomic E-state index is 13.3. The molecule has 30 heavy (non-hydrogen) atoms. The van der Waals surface area contributed by atoms with Crippen LogP contribution in [0.4, 0.5) is 5.13 Å². The van der Waals surface area contributed by atoms with Gasteiger partial charge < -0.3 is 4.74 Å². The average Bonchev–Trinajstić information content (AvgIpc) is 3.20. The summed E-state index contributed by atoms with van der Waals surface area (Å²) in [6.45, 7) is 4.36. The molecule has 2 aromatic carbocycles. The number of morpholine rings is 1. The standard InChI is InChI=1S/C21H19ClN4O2S.ClH/c22-17-2-1-3-18-19(17)24-21(29-18)26(9-8-25-10-12-28-13-11-25)20(27)16-6-4-15(14-23)5-7-16;/h1-7H,8-13H2;1H. The van der Waals surface area contributed by atoms with E-state index in [-0.39, 0.29) is 18.3 Å². The van der Waals surface area contributed by atoms with Gasteiger partial charge in [0.15, 0.2) is 5.13 Å². The number of hydrogen-bond donors (Lipinski definition) is 0. The van der Waals surface area contributed by atoms with Gasteiger partial charge in [0.25, 0.3) is 5.91 Å². The van der Waals surface area contributed by atoms with Crippen molar-refractivity contribution in [1.29, 1.82) is 5.26 Å². The van der Waals surface area contributed by atoms with Crippen LogP contribution in [0.25, 0.3) is 10.2 Å². The highest BCUT2D eigenvalue weighted by molar-refractivity contribution is 7.22. The number of rotatable bonds is 5. The van der Waals surface area contributed by atoms with E-state index in [1.807, 2.05) is 12.1 Å². The molecule has 1 aliphatic heterocycles. The van der Waals surface area contributed by atoms with E-state index < -0.39 is 0 Å². The van der Waals surface area contributed by atoms with Crippen molar-refractivity contribution in [3.05, 3.63) is 58.6 Å². The Morgan fingerprint density at radius 1 is 1.23 bits per heavy atom. The minimum atomic E-state index is -0.141. The third kappa shape index (κ3) is 4.91. The molecule has 0 unspecified atom stereocenters. The maximum atomic E-state index is 13.3. The fourth-order valence-corrected chi connectivity index (χ4v) is 4.50. The van der Waals surface area contributed by atoms with Gasteiger partial charge in [-0.05, 0) is 36.4 Å². The molecule has 1 aliphatic rings. The smallest absolute Gasteiger partial charge is 0.260 e. The monoisotopic (exact) mass is 462 g/mol. The van der Waals surface area contributed by atoms with E-state index in [9.17, 15) is 4.79 Å². The number of carbonyl (C=O) groups is 1. The summed E-state index contributed by atoms with van der Waals surface area (Å²) >= 11 is 7.74. The van der Waals surface area contributed by atoms with Crippen molar-refractivity contribution in [3.8, 4) is 6.07 Å². The molecule has 0 aliphatic carbocycles. The maximum Gasteiger partial charge on any atom is 0.260 e. The van der Waals surface area contributed by atoms with E-state index >= 15 is 0 Å². The summed E-state index contributed by atoms with van der Waals surface area (Å²) in [5, 5.41) is 10.2. The fourth-order valence-electron chi connectivity index (χ4n) is 3.21. The number of para-hydroxylation sites is 1. The van der Waals surface area contributed by atoms with Crippen molar-refractivity contribution in [1.82, 2.24) is 9.88 Å². The fraction of sp³-hybridized carbons (Fsp3) is 0.286. The first-order chi connectivity index (χ1) is 14.2. The number of halogens is 2. The molecular weight excluding hydrogens is 443 g/mol. The van der Waals surface area contributed by atoms with Crippen LogP contribution in [-0.2, 0) is 4.74 Å². The number of benzene rings is 2. The van der Waals surface area contributed by atoms with Crippen molar-refractivity contribution in [2.45, 2.75) is 0 Å². The summed E-state index contributed by atoms with van der Waals surface area (Å²) < 4.78 is 6.35. The lowest BCUT2D eigenvalue weighted by atomic mass is 10.1. The second-order valence-electron chi connectivity index (χ2n) is 6.68. The van der Waals surface area contributed by atoms with Gasteiger partial charge in [0.2, 0.25) is 0 Å². The summed E-state index contributed by atoms with van der Waals surface area (Å²) in [4.78, 5) is 22.0. The van der Waals surface area contributed by atoms with Gasteiger partial charge in [0.1, 0.15) is 5.52 Å². The average molecular weight is 463 g/mol. The molecule has 9 heteroatoms. The molecule has 0 spiro atoms. The van der Waals surface area contributed by atoms with Gasteiger partial charge in [-0.1, -0.05) is 29.0 Å². The zero-order chi connectivity index (χ0) is 20.2. The molecule has 0 atom stereocenters. The highest BCUT2D eigenvalue weighted by atomic mass is 35.5.